The molecule has 0 heterocycles. The van der Waals surface area contributed by atoms with Crippen LogP contribution in [0.25, 0.3) is 0 Å². The van der Waals surface area contributed by atoms with Gasteiger partial charge in [-0.3, -0.25) is 4.79 Å². The Morgan fingerprint density at radius 3 is 2.10 bits per heavy atom. The number of carbonyl (C=O) groups excluding carboxylic acids is 1. The van der Waals surface area contributed by atoms with Gasteiger partial charge < -0.3 is 9.64 Å². The van der Waals surface area contributed by atoms with E-state index in [-0.39, 0.29) is 12.3 Å². The van der Waals surface area contributed by atoms with Gasteiger partial charge in [0.25, 0.3) is 0 Å². The number of sulfonamides is 1. The number of ether oxygens (including phenoxy) is 1. The fourth-order valence-electron chi connectivity index (χ4n) is 4.51. The highest BCUT2D eigenvalue weighted by Crippen LogP contribution is 2.25. The van der Waals surface area contributed by atoms with Crippen LogP contribution in [0.1, 0.15) is 56.2 Å². The summed E-state index contributed by atoms with van der Waals surface area (Å²) in [6.07, 6.45) is 4.43. The van der Waals surface area contributed by atoms with Gasteiger partial charge >= 0.3 is 0 Å². The first-order valence-corrected chi connectivity index (χ1v) is 15.8. The van der Waals surface area contributed by atoms with Gasteiger partial charge in [0.05, 0.1) is 18.4 Å². The zero-order chi connectivity index (χ0) is 29.0. The van der Waals surface area contributed by atoms with Crippen molar-refractivity contribution in [2.24, 2.45) is 0 Å². The number of amides is 1. The van der Waals surface area contributed by atoms with Crippen LogP contribution in [0.15, 0.2) is 77.7 Å². The maximum absolute atomic E-state index is 13.4. The molecule has 0 saturated carbocycles. The van der Waals surface area contributed by atoms with Crippen LogP contribution in [-0.4, -0.2) is 50.3 Å². The van der Waals surface area contributed by atoms with E-state index in [4.69, 9.17) is 16.3 Å². The van der Waals surface area contributed by atoms with E-state index in [1.807, 2.05) is 53.4 Å². The molecule has 0 aliphatic rings. The Labute approximate surface area is 245 Å². The number of methoxy groups -OCH3 is 1. The van der Waals surface area contributed by atoms with E-state index in [9.17, 15) is 13.2 Å². The Morgan fingerprint density at radius 2 is 1.50 bits per heavy atom. The van der Waals surface area contributed by atoms with Gasteiger partial charge in [-0.05, 0) is 60.7 Å². The number of rotatable bonds is 16. The minimum atomic E-state index is -3.55. The molecule has 3 aromatic rings. The van der Waals surface area contributed by atoms with Crippen molar-refractivity contribution >= 4 is 27.5 Å². The largest absolute Gasteiger partial charge is 0.496 e. The summed E-state index contributed by atoms with van der Waals surface area (Å²) in [6, 6.07) is 22.1. The second kappa shape index (κ2) is 15.8. The molecule has 0 aliphatic carbocycles. The van der Waals surface area contributed by atoms with Crippen LogP contribution >= 0.6 is 11.6 Å². The van der Waals surface area contributed by atoms with Crippen molar-refractivity contribution in [3.63, 3.8) is 0 Å². The molecule has 3 aromatic carbocycles. The molecule has 0 aromatic heterocycles. The molecule has 0 saturated heterocycles. The second-order valence-electron chi connectivity index (χ2n) is 9.94. The molecule has 3 rings (SSSR count). The number of nitrogens with zero attached hydrogens (tertiary/aromatic N) is 2. The fourth-order valence-corrected chi connectivity index (χ4v) is 6.22. The van der Waals surface area contributed by atoms with Crippen LogP contribution in [0.3, 0.4) is 0 Å². The van der Waals surface area contributed by atoms with E-state index in [0.717, 1.165) is 42.4 Å². The maximum atomic E-state index is 13.4. The van der Waals surface area contributed by atoms with Gasteiger partial charge in [0.2, 0.25) is 15.9 Å². The second-order valence-corrected chi connectivity index (χ2v) is 12.3. The van der Waals surface area contributed by atoms with Crippen molar-refractivity contribution in [2.45, 2.75) is 63.8 Å². The number of carbonyl (C=O) groups is 1. The van der Waals surface area contributed by atoms with Gasteiger partial charge in [-0.25, -0.2) is 8.42 Å². The smallest absolute Gasteiger partial charge is 0.243 e. The molecule has 0 radical (unpaired) electrons. The summed E-state index contributed by atoms with van der Waals surface area (Å²) in [5, 5.41) is 0.579. The Kier molecular flexibility index (Phi) is 12.5. The van der Waals surface area contributed by atoms with Gasteiger partial charge in [-0.2, -0.15) is 4.31 Å². The third kappa shape index (κ3) is 9.08. The van der Waals surface area contributed by atoms with Gasteiger partial charge in [0.15, 0.2) is 0 Å². The summed E-state index contributed by atoms with van der Waals surface area (Å²) in [5.74, 6) is 0.669. The lowest BCUT2D eigenvalue weighted by molar-refractivity contribution is -0.131. The molecule has 0 unspecified atom stereocenters. The maximum Gasteiger partial charge on any atom is 0.243 e. The van der Waals surface area contributed by atoms with Crippen molar-refractivity contribution in [2.75, 3.05) is 26.7 Å². The monoisotopic (exact) mass is 584 g/mol. The average Bonchev–Trinajstić information content (AvgIpc) is 2.96. The summed E-state index contributed by atoms with van der Waals surface area (Å²) < 4.78 is 33.8. The lowest BCUT2D eigenvalue weighted by atomic mass is 10.1. The molecule has 40 heavy (non-hydrogen) atoms. The first-order valence-electron chi connectivity index (χ1n) is 14.0. The van der Waals surface area contributed by atoms with E-state index in [0.29, 0.717) is 48.3 Å². The lowest BCUT2D eigenvalue weighted by Gasteiger charge is -2.24. The number of halogens is 1. The predicted molar refractivity (Wildman–Crippen MR) is 162 cm³/mol. The van der Waals surface area contributed by atoms with Crippen LogP contribution < -0.4 is 4.74 Å². The number of hydrogen-bond acceptors (Lipinski definition) is 4. The van der Waals surface area contributed by atoms with Gasteiger partial charge in [-0.1, -0.05) is 80.8 Å². The first kappa shape index (κ1) is 31.7. The van der Waals surface area contributed by atoms with Crippen LogP contribution in [0, 0.1) is 0 Å². The predicted octanol–water partition coefficient (Wildman–Crippen LogP) is 6.75. The Hall–Kier alpha value is -2.87. The number of hydrogen-bond donors (Lipinski definition) is 0. The van der Waals surface area contributed by atoms with Crippen molar-refractivity contribution in [3.05, 3.63) is 94.5 Å². The van der Waals surface area contributed by atoms with E-state index >= 15 is 0 Å². The lowest BCUT2D eigenvalue weighted by Crippen LogP contribution is -2.34. The van der Waals surface area contributed by atoms with E-state index < -0.39 is 10.0 Å². The third-order valence-corrected chi connectivity index (χ3v) is 9.06. The van der Waals surface area contributed by atoms with E-state index in [1.54, 1.807) is 35.7 Å². The molecule has 1 amide bonds. The summed E-state index contributed by atoms with van der Waals surface area (Å²) >= 11 is 6.26. The van der Waals surface area contributed by atoms with Crippen molar-refractivity contribution < 1.29 is 17.9 Å². The highest BCUT2D eigenvalue weighted by atomic mass is 35.5. The van der Waals surface area contributed by atoms with E-state index in [2.05, 4.69) is 13.8 Å². The minimum absolute atomic E-state index is 0.00471. The standard InChI is InChI=1S/C32H41ClN2O4S/c1-4-6-20-35(21-7-5-2)40(37,38)30-16-13-26(14-17-30)19-22-34(32(36)23-27-11-9-8-10-12-27)25-28-24-29(33)15-18-31(28)39-3/h8-18,24H,4-7,19-23,25H2,1-3H3. The average molecular weight is 585 g/mol. The molecule has 6 nitrogen and oxygen atoms in total. The molecule has 216 valence electrons. The molecular weight excluding hydrogens is 544 g/mol. The molecule has 8 heteroatoms. The molecule has 0 N–H and O–H groups in total. The quantitative estimate of drug-likeness (QED) is 0.187. The molecule has 0 fully saturated rings. The van der Waals surface area contributed by atoms with Crippen LogP contribution in [0.2, 0.25) is 5.02 Å². The Bertz CT molecular complexity index is 1310. The van der Waals surface area contributed by atoms with Crippen molar-refractivity contribution in [3.8, 4) is 5.75 Å². The van der Waals surface area contributed by atoms with Crippen molar-refractivity contribution in [1.82, 2.24) is 9.21 Å². The topological polar surface area (TPSA) is 66.9 Å². The van der Waals surface area contributed by atoms with E-state index in [1.165, 1.54) is 0 Å². The zero-order valence-corrected chi connectivity index (χ0v) is 25.4. The van der Waals surface area contributed by atoms with Crippen LogP contribution in [-0.2, 0) is 34.2 Å². The fraction of sp³-hybridized carbons (Fsp3) is 0.406. The minimum Gasteiger partial charge on any atom is -0.496 e. The summed E-state index contributed by atoms with van der Waals surface area (Å²) in [7, 11) is -1.95. The Morgan fingerprint density at radius 1 is 0.850 bits per heavy atom. The molecule has 0 atom stereocenters. The number of benzene rings is 3. The highest BCUT2D eigenvalue weighted by molar-refractivity contribution is 7.89. The van der Waals surface area contributed by atoms with Gasteiger partial charge in [0, 0.05) is 36.8 Å². The number of unbranched alkanes of at least 4 members (excludes halogenated alkanes) is 2. The highest BCUT2D eigenvalue weighted by Gasteiger charge is 2.23. The molecule has 0 spiro atoms. The molecule has 0 bridgehead atoms. The molecule has 0 aliphatic heterocycles. The Balaban J connectivity index is 1.77. The van der Waals surface area contributed by atoms with Crippen LogP contribution in [0.5, 0.6) is 5.75 Å². The SMILES string of the molecule is CCCCN(CCCC)S(=O)(=O)c1ccc(CCN(Cc2cc(Cl)ccc2OC)C(=O)Cc2ccccc2)cc1. The summed E-state index contributed by atoms with van der Waals surface area (Å²) in [6.45, 7) is 6.02. The van der Waals surface area contributed by atoms with Crippen molar-refractivity contribution in [1.29, 1.82) is 0 Å². The van der Waals surface area contributed by atoms with Gasteiger partial charge in [-0.15, -0.1) is 0 Å². The third-order valence-electron chi connectivity index (χ3n) is 6.91. The summed E-state index contributed by atoms with van der Waals surface area (Å²) in [4.78, 5) is 15.5. The zero-order valence-electron chi connectivity index (χ0n) is 23.8. The summed E-state index contributed by atoms with van der Waals surface area (Å²) in [5.41, 5.74) is 2.74. The van der Waals surface area contributed by atoms with Gasteiger partial charge in [0.1, 0.15) is 5.75 Å². The molecular formula is C32H41ClN2O4S. The first-order chi connectivity index (χ1) is 19.3. The normalized spacial score (nSPS) is 11.5. The van der Waals surface area contributed by atoms with Crippen LogP contribution in [0.4, 0.5) is 0 Å².